The zero-order chi connectivity index (χ0) is 13.8. The largest absolute Gasteiger partial charge is 0.398 e. The second kappa shape index (κ2) is 5.71. The standard InChI is InChI=1S/C14H14ClN3O/c1-2-9-3-5-12(16)11(7-9)14(19)18-13-6-4-10(15)8-17-13/h3-8H,2,16H2,1H3,(H,17,18,19). The molecule has 0 saturated carbocycles. The summed E-state index contributed by atoms with van der Waals surface area (Å²) in [6.07, 6.45) is 2.32. The zero-order valence-corrected chi connectivity index (χ0v) is 11.2. The maximum atomic E-state index is 12.1. The number of pyridine rings is 1. The van der Waals surface area contributed by atoms with Crippen molar-refractivity contribution in [3.05, 3.63) is 52.7 Å². The van der Waals surface area contributed by atoms with E-state index in [1.807, 2.05) is 13.0 Å². The molecule has 1 heterocycles. The van der Waals surface area contributed by atoms with Crippen molar-refractivity contribution >= 4 is 29.0 Å². The molecule has 1 aromatic carbocycles. The highest BCUT2D eigenvalue weighted by atomic mass is 35.5. The van der Waals surface area contributed by atoms with E-state index in [4.69, 9.17) is 17.3 Å². The number of hydrogen-bond donors (Lipinski definition) is 2. The molecule has 0 atom stereocenters. The number of halogens is 1. The molecule has 0 aliphatic carbocycles. The number of nitrogens with zero attached hydrogens (tertiary/aromatic N) is 1. The summed E-state index contributed by atoms with van der Waals surface area (Å²) in [5.41, 5.74) is 7.78. The quantitative estimate of drug-likeness (QED) is 0.846. The number of nitrogens with two attached hydrogens (primary N) is 1. The summed E-state index contributed by atoms with van der Waals surface area (Å²) in [6.45, 7) is 2.02. The second-order valence-corrected chi connectivity index (χ2v) is 4.53. The van der Waals surface area contributed by atoms with E-state index < -0.39 is 0 Å². The van der Waals surface area contributed by atoms with Gasteiger partial charge in [0.1, 0.15) is 5.82 Å². The molecular weight excluding hydrogens is 262 g/mol. The second-order valence-electron chi connectivity index (χ2n) is 4.09. The highest BCUT2D eigenvalue weighted by molar-refractivity contribution is 6.30. The lowest BCUT2D eigenvalue weighted by Crippen LogP contribution is -2.15. The van der Waals surface area contributed by atoms with Crippen molar-refractivity contribution in [1.82, 2.24) is 4.98 Å². The van der Waals surface area contributed by atoms with Gasteiger partial charge in [0.15, 0.2) is 0 Å². The summed E-state index contributed by atoms with van der Waals surface area (Å²) in [5, 5.41) is 3.21. The number of amides is 1. The lowest BCUT2D eigenvalue weighted by molar-refractivity contribution is 0.102. The topological polar surface area (TPSA) is 68.0 Å². The Bertz CT molecular complexity index is 596. The number of hydrogen-bond acceptors (Lipinski definition) is 3. The third kappa shape index (κ3) is 3.23. The fraction of sp³-hybridized carbons (Fsp3) is 0.143. The first-order chi connectivity index (χ1) is 9.10. The maximum Gasteiger partial charge on any atom is 0.258 e. The molecule has 0 unspecified atom stereocenters. The molecule has 0 radical (unpaired) electrons. The number of carbonyl (C=O) groups is 1. The molecule has 1 amide bonds. The Morgan fingerprint density at radius 3 is 2.79 bits per heavy atom. The average Bonchev–Trinajstić information content (AvgIpc) is 2.42. The zero-order valence-electron chi connectivity index (χ0n) is 10.5. The van der Waals surface area contributed by atoms with Crippen molar-refractivity contribution in [3.63, 3.8) is 0 Å². The highest BCUT2D eigenvalue weighted by Gasteiger charge is 2.11. The normalized spacial score (nSPS) is 10.2. The molecule has 0 aliphatic rings. The van der Waals surface area contributed by atoms with Gasteiger partial charge in [0, 0.05) is 11.9 Å². The number of rotatable bonds is 3. The van der Waals surface area contributed by atoms with Gasteiger partial charge < -0.3 is 11.1 Å². The van der Waals surface area contributed by atoms with Crippen LogP contribution < -0.4 is 11.1 Å². The van der Waals surface area contributed by atoms with Crippen LogP contribution in [0.5, 0.6) is 0 Å². The van der Waals surface area contributed by atoms with E-state index in [0.717, 1.165) is 12.0 Å². The van der Waals surface area contributed by atoms with Crippen molar-refractivity contribution in [2.24, 2.45) is 0 Å². The minimum absolute atomic E-state index is 0.275. The fourth-order valence-corrected chi connectivity index (χ4v) is 1.77. The summed E-state index contributed by atoms with van der Waals surface area (Å²) in [7, 11) is 0. The Kier molecular flexibility index (Phi) is 4.02. The van der Waals surface area contributed by atoms with Crippen LogP contribution in [0.2, 0.25) is 5.02 Å². The Morgan fingerprint density at radius 2 is 2.16 bits per heavy atom. The third-order valence-corrected chi connectivity index (χ3v) is 2.96. The molecular formula is C14H14ClN3O. The third-order valence-electron chi connectivity index (χ3n) is 2.74. The molecule has 3 N–H and O–H groups in total. The summed E-state index contributed by atoms with van der Waals surface area (Å²) in [5.74, 6) is 0.165. The predicted molar refractivity (Wildman–Crippen MR) is 77.4 cm³/mol. The Morgan fingerprint density at radius 1 is 1.37 bits per heavy atom. The smallest absolute Gasteiger partial charge is 0.258 e. The molecule has 0 fully saturated rings. The number of benzene rings is 1. The number of aryl methyl sites for hydroxylation is 1. The van der Waals surface area contributed by atoms with E-state index in [1.54, 1.807) is 24.3 Å². The summed E-state index contributed by atoms with van der Waals surface area (Å²) < 4.78 is 0. The Hall–Kier alpha value is -2.07. The van der Waals surface area contributed by atoms with Crippen LogP contribution in [0.1, 0.15) is 22.8 Å². The van der Waals surface area contributed by atoms with Crippen LogP contribution in [0, 0.1) is 0 Å². The van der Waals surface area contributed by atoms with Crippen molar-refractivity contribution in [1.29, 1.82) is 0 Å². The van der Waals surface area contributed by atoms with Gasteiger partial charge in [0.25, 0.3) is 5.91 Å². The monoisotopic (exact) mass is 275 g/mol. The molecule has 5 heteroatoms. The van der Waals surface area contributed by atoms with Gasteiger partial charge >= 0.3 is 0 Å². The summed E-state index contributed by atoms with van der Waals surface area (Å²) in [4.78, 5) is 16.1. The number of nitrogens with one attached hydrogen (secondary N) is 1. The fourth-order valence-electron chi connectivity index (χ4n) is 1.65. The minimum Gasteiger partial charge on any atom is -0.398 e. The average molecular weight is 276 g/mol. The molecule has 2 rings (SSSR count). The van der Waals surface area contributed by atoms with Crippen molar-refractivity contribution in [2.75, 3.05) is 11.1 Å². The van der Waals surface area contributed by atoms with Gasteiger partial charge in [-0.15, -0.1) is 0 Å². The first-order valence-electron chi connectivity index (χ1n) is 5.91. The minimum atomic E-state index is -0.275. The Labute approximate surface area is 116 Å². The molecule has 98 valence electrons. The van der Waals surface area contributed by atoms with Gasteiger partial charge in [-0.2, -0.15) is 0 Å². The van der Waals surface area contributed by atoms with Crippen LogP contribution in [0.3, 0.4) is 0 Å². The van der Waals surface area contributed by atoms with E-state index in [9.17, 15) is 4.79 Å². The van der Waals surface area contributed by atoms with Gasteiger partial charge in [0.05, 0.1) is 10.6 Å². The van der Waals surface area contributed by atoms with E-state index in [2.05, 4.69) is 10.3 Å². The molecule has 0 bridgehead atoms. The van der Waals surface area contributed by atoms with Crippen molar-refractivity contribution < 1.29 is 4.79 Å². The van der Waals surface area contributed by atoms with Crippen LogP contribution in [0.15, 0.2) is 36.5 Å². The lowest BCUT2D eigenvalue weighted by atomic mass is 10.1. The van der Waals surface area contributed by atoms with E-state index in [1.165, 1.54) is 6.20 Å². The molecule has 1 aromatic heterocycles. The molecule has 2 aromatic rings. The van der Waals surface area contributed by atoms with Crippen LogP contribution in [0.4, 0.5) is 11.5 Å². The molecule has 4 nitrogen and oxygen atoms in total. The van der Waals surface area contributed by atoms with Crippen molar-refractivity contribution in [3.8, 4) is 0 Å². The number of carbonyl (C=O) groups excluding carboxylic acids is 1. The van der Waals surface area contributed by atoms with Crippen LogP contribution in [0.25, 0.3) is 0 Å². The Balaban J connectivity index is 2.22. The number of aromatic nitrogens is 1. The maximum absolute atomic E-state index is 12.1. The summed E-state index contributed by atoms with van der Waals surface area (Å²) in [6, 6.07) is 8.74. The van der Waals surface area contributed by atoms with E-state index in [0.29, 0.717) is 22.1 Å². The van der Waals surface area contributed by atoms with Gasteiger partial charge in [-0.05, 0) is 36.2 Å². The predicted octanol–water partition coefficient (Wildman–Crippen LogP) is 3.13. The number of anilines is 2. The molecule has 0 aliphatic heterocycles. The van der Waals surface area contributed by atoms with Crippen molar-refractivity contribution in [2.45, 2.75) is 13.3 Å². The molecule has 19 heavy (non-hydrogen) atoms. The molecule has 0 saturated heterocycles. The van der Waals surface area contributed by atoms with Gasteiger partial charge in [-0.3, -0.25) is 4.79 Å². The lowest BCUT2D eigenvalue weighted by Gasteiger charge is -2.08. The SMILES string of the molecule is CCc1ccc(N)c(C(=O)Nc2ccc(Cl)cn2)c1. The van der Waals surface area contributed by atoms with Gasteiger partial charge in [-0.25, -0.2) is 4.98 Å². The first-order valence-corrected chi connectivity index (χ1v) is 6.29. The van der Waals surface area contributed by atoms with Crippen LogP contribution >= 0.6 is 11.6 Å². The van der Waals surface area contributed by atoms with Gasteiger partial charge in [-0.1, -0.05) is 24.6 Å². The van der Waals surface area contributed by atoms with E-state index in [-0.39, 0.29) is 5.91 Å². The van der Waals surface area contributed by atoms with Gasteiger partial charge in [0.2, 0.25) is 0 Å². The molecule has 0 spiro atoms. The highest BCUT2D eigenvalue weighted by Crippen LogP contribution is 2.17. The number of nitrogen functional groups attached to an aromatic ring is 1. The van der Waals surface area contributed by atoms with Crippen LogP contribution in [-0.4, -0.2) is 10.9 Å². The summed E-state index contributed by atoms with van der Waals surface area (Å²) >= 11 is 5.73. The van der Waals surface area contributed by atoms with E-state index >= 15 is 0 Å². The first kappa shape index (κ1) is 13.4. The van der Waals surface area contributed by atoms with Crippen LogP contribution in [-0.2, 0) is 6.42 Å².